The highest BCUT2D eigenvalue weighted by atomic mass is 35.5. The standard InChI is InChI=1S/C28H22ClF6N3O2S/c29-25-6-5-24(41-25)23(39)15-37-7-8-38(20(14-37)11-17-13-36-22-4-2-1-3-21(17)22)26(40)16-9-18(27(30,31)32)12-19(10-16)28(33,34)35/h1-6,9-10,12-13,20,36H,7-8,11,14-15H2/t20-/m1/s1. The number of amides is 1. The molecule has 41 heavy (non-hydrogen) atoms. The number of hydrogen-bond acceptors (Lipinski definition) is 4. The number of para-hydroxylation sites is 1. The first-order valence-electron chi connectivity index (χ1n) is 12.5. The highest BCUT2D eigenvalue weighted by molar-refractivity contribution is 7.18. The van der Waals surface area contributed by atoms with Gasteiger partial charge in [0, 0.05) is 48.3 Å². The van der Waals surface area contributed by atoms with E-state index in [2.05, 4.69) is 4.98 Å². The second kappa shape index (κ2) is 11.1. The Balaban J connectivity index is 1.47. The maximum Gasteiger partial charge on any atom is 0.416 e. The number of H-pyrrole nitrogens is 1. The zero-order valence-corrected chi connectivity index (χ0v) is 22.7. The van der Waals surface area contributed by atoms with Gasteiger partial charge in [-0.2, -0.15) is 26.3 Å². The molecule has 0 saturated carbocycles. The maximum atomic E-state index is 13.6. The van der Waals surface area contributed by atoms with Gasteiger partial charge in [-0.1, -0.05) is 29.8 Å². The van der Waals surface area contributed by atoms with Gasteiger partial charge in [-0.05, 0) is 48.4 Å². The highest BCUT2D eigenvalue weighted by Gasteiger charge is 2.39. The monoisotopic (exact) mass is 613 g/mol. The average molecular weight is 614 g/mol. The van der Waals surface area contributed by atoms with Crippen LogP contribution in [0.4, 0.5) is 26.3 Å². The lowest BCUT2D eigenvalue weighted by atomic mass is 9.98. The third kappa shape index (κ3) is 6.44. The van der Waals surface area contributed by atoms with E-state index in [4.69, 9.17) is 11.6 Å². The summed E-state index contributed by atoms with van der Waals surface area (Å²) in [4.78, 5) is 33.2. The quantitative estimate of drug-likeness (QED) is 0.185. The third-order valence-corrected chi connectivity index (χ3v) is 8.28. The number of thiophene rings is 1. The number of fused-ring (bicyclic) bond motifs is 1. The summed E-state index contributed by atoms with van der Waals surface area (Å²) in [6, 6.07) is 10.9. The van der Waals surface area contributed by atoms with Gasteiger partial charge < -0.3 is 9.88 Å². The number of Topliss-reactive ketones (excluding diaryl/α,β-unsaturated/α-hetero) is 1. The molecule has 0 radical (unpaired) electrons. The van der Waals surface area contributed by atoms with Gasteiger partial charge in [-0.15, -0.1) is 11.3 Å². The number of carbonyl (C=O) groups is 2. The second-order valence-electron chi connectivity index (χ2n) is 9.77. The van der Waals surface area contributed by atoms with Gasteiger partial charge in [0.15, 0.2) is 5.78 Å². The molecule has 0 spiro atoms. The third-order valence-electron chi connectivity index (χ3n) is 7.01. The van der Waals surface area contributed by atoms with Crippen molar-refractivity contribution in [3.63, 3.8) is 0 Å². The van der Waals surface area contributed by atoms with Gasteiger partial charge in [0.05, 0.1) is 26.9 Å². The van der Waals surface area contributed by atoms with Crippen molar-refractivity contribution in [2.75, 3.05) is 26.2 Å². The molecule has 1 atom stereocenters. The Labute approximate surface area is 239 Å². The Morgan fingerprint density at radius 2 is 1.63 bits per heavy atom. The number of aromatic nitrogens is 1. The first-order chi connectivity index (χ1) is 19.3. The summed E-state index contributed by atoms with van der Waals surface area (Å²) in [6.45, 7) is 0.403. The first-order valence-corrected chi connectivity index (χ1v) is 13.7. The van der Waals surface area contributed by atoms with Crippen molar-refractivity contribution in [1.29, 1.82) is 0 Å². The molecule has 4 aromatic rings. The molecule has 5 rings (SSSR count). The fourth-order valence-electron chi connectivity index (χ4n) is 5.05. The molecule has 2 aromatic carbocycles. The molecule has 1 aliphatic heterocycles. The lowest BCUT2D eigenvalue weighted by molar-refractivity contribution is -0.143. The maximum absolute atomic E-state index is 13.6. The predicted octanol–water partition coefficient (Wildman–Crippen LogP) is 7.17. The molecule has 1 fully saturated rings. The number of halogens is 7. The van der Waals surface area contributed by atoms with Crippen LogP contribution in [-0.4, -0.2) is 58.7 Å². The number of rotatable bonds is 6. The van der Waals surface area contributed by atoms with E-state index < -0.39 is 41.0 Å². The van der Waals surface area contributed by atoms with Crippen LogP contribution in [0.2, 0.25) is 4.34 Å². The number of nitrogens with zero attached hydrogens (tertiary/aromatic N) is 2. The Bertz CT molecular complexity index is 1560. The number of hydrogen-bond donors (Lipinski definition) is 1. The number of aromatic amines is 1. The Kier molecular flexibility index (Phi) is 7.92. The minimum absolute atomic E-state index is 0.000581. The smallest absolute Gasteiger partial charge is 0.361 e. The van der Waals surface area contributed by atoms with Crippen molar-refractivity contribution >= 4 is 45.5 Å². The predicted molar refractivity (Wildman–Crippen MR) is 143 cm³/mol. The Morgan fingerprint density at radius 1 is 0.951 bits per heavy atom. The van der Waals surface area contributed by atoms with Crippen molar-refractivity contribution in [1.82, 2.24) is 14.8 Å². The number of piperazine rings is 1. The zero-order chi connectivity index (χ0) is 29.5. The normalized spacial score (nSPS) is 16.9. The highest BCUT2D eigenvalue weighted by Crippen LogP contribution is 2.37. The van der Waals surface area contributed by atoms with Crippen LogP contribution in [0.25, 0.3) is 10.9 Å². The van der Waals surface area contributed by atoms with E-state index >= 15 is 0 Å². The van der Waals surface area contributed by atoms with Gasteiger partial charge in [-0.25, -0.2) is 0 Å². The fourth-order valence-corrected chi connectivity index (χ4v) is 6.02. The van der Waals surface area contributed by atoms with Gasteiger partial charge >= 0.3 is 12.4 Å². The van der Waals surface area contributed by atoms with Crippen molar-refractivity contribution in [2.24, 2.45) is 0 Å². The Morgan fingerprint density at radius 3 is 2.27 bits per heavy atom. The van der Waals surface area contributed by atoms with E-state index in [0.717, 1.165) is 27.8 Å². The largest absolute Gasteiger partial charge is 0.416 e. The summed E-state index contributed by atoms with van der Waals surface area (Å²) in [6.07, 6.45) is -8.14. The number of carbonyl (C=O) groups excluding carboxylic acids is 2. The molecule has 0 aliphatic carbocycles. The molecule has 3 heterocycles. The van der Waals surface area contributed by atoms with E-state index in [9.17, 15) is 35.9 Å². The molecule has 1 N–H and O–H groups in total. The number of alkyl halides is 6. The van der Waals surface area contributed by atoms with Crippen LogP contribution < -0.4 is 0 Å². The number of nitrogens with one attached hydrogen (secondary N) is 1. The molecule has 1 aliphatic rings. The van der Waals surface area contributed by atoms with E-state index in [1.807, 2.05) is 29.2 Å². The molecular weight excluding hydrogens is 592 g/mol. The fraction of sp³-hybridized carbons (Fsp3) is 0.286. The molecule has 13 heteroatoms. The minimum Gasteiger partial charge on any atom is -0.361 e. The van der Waals surface area contributed by atoms with Crippen LogP contribution in [0.1, 0.15) is 36.7 Å². The zero-order valence-electron chi connectivity index (χ0n) is 21.2. The van der Waals surface area contributed by atoms with E-state index in [0.29, 0.717) is 21.3 Å². The lowest BCUT2D eigenvalue weighted by Crippen LogP contribution is -2.56. The molecule has 2 aromatic heterocycles. The summed E-state index contributed by atoms with van der Waals surface area (Å²) < 4.78 is 81.4. The number of benzene rings is 2. The molecule has 1 saturated heterocycles. The van der Waals surface area contributed by atoms with Gasteiger partial charge in [0.25, 0.3) is 5.91 Å². The molecule has 0 unspecified atom stereocenters. The summed E-state index contributed by atoms with van der Waals surface area (Å²) in [5.74, 6) is -1.12. The van der Waals surface area contributed by atoms with Crippen LogP contribution in [0, 0.1) is 0 Å². The van der Waals surface area contributed by atoms with Gasteiger partial charge in [0.2, 0.25) is 0 Å². The van der Waals surface area contributed by atoms with Crippen LogP contribution in [0.15, 0.2) is 60.8 Å². The van der Waals surface area contributed by atoms with Crippen LogP contribution in [-0.2, 0) is 18.8 Å². The van der Waals surface area contributed by atoms with E-state index in [1.165, 1.54) is 4.90 Å². The average Bonchev–Trinajstić information content (AvgIpc) is 3.53. The topological polar surface area (TPSA) is 56.4 Å². The number of ketones is 1. The first kappa shape index (κ1) is 29.2. The van der Waals surface area contributed by atoms with Crippen LogP contribution in [0.5, 0.6) is 0 Å². The molecule has 216 valence electrons. The van der Waals surface area contributed by atoms with Crippen LogP contribution in [0.3, 0.4) is 0 Å². The van der Waals surface area contributed by atoms with Crippen LogP contribution >= 0.6 is 22.9 Å². The van der Waals surface area contributed by atoms with E-state index in [-0.39, 0.29) is 44.4 Å². The van der Waals surface area contributed by atoms with Gasteiger partial charge in [0.1, 0.15) is 0 Å². The molecular formula is C28H22ClF6N3O2S. The van der Waals surface area contributed by atoms with Crippen molar-refractivity contribution in [2.45, 2.75) is 24.8 Å². The van der Waals surface area contributed by atoms with Crippen molar-refractivity contribution in [3.8, 4) is 0 Å². The summed E-state index contributed by atoms with van der Waals surface area (Å²) in [7, 11) is 0. The van der Waals surface area contributed by atoms with Crippen molar-refractivity contribution < 1.29 is 35.9 Å². The second-order valence-corrected chi connectivity index (χ2v) is 11.5. The molecule has 1 amide bonds. The van der Waals surface area contributed by atoms with Gasteiger partial charge in [-0.3, -0.25) is 14.5 Å². The molecule has 5 nitrogen and oxygen atoms in total. The summed E-state index contributed by atoms with van der Waals surface area (Å²) in [5.41, 5.74) is -2.15. The van der Waals surface area contributed by atoms with Crippen molar-refractivity contribution in [3.05, 3.63) is 92.3 Å². The lowest BCUT2D eigenvalue weighted by Gasteiger charge is -2.41. The summed E-state index contributed by atoms with van der Waals surface area (Å²) >= 11 is 7.09. The van der Waals surface area contributed by atoms with E-state index in [1.54, 1.807) is 18.3 Å². The Hall–Kier alpha value is -3.35. The minimum atomic E-state index is -5.08. The summed E-state index contributed by atoms with van der Waals surface area (Å²) in [5, 5.41) is 0.875. The SMILES string of the molecule is O=C(CN1CCN(C(=O)c2cc(C(F)(F)F)cc(C(F)(F)F)c2)[C@H](Cc2c[nH]c3ccccc23)C1)c1ccc(Cl)s1. The molecule has 0 bridgehead atoms.